The highest BCUT2D eigenvalue weighted by Crippen LogP contribution is 2.39. The number of hydrogen-bond donors (Lipinski definition) is 0. The molecule has 214 valence electrons. The zero-order valence-electron chi connectivity index (χ0n) is 22.8. The number of hydrogen-bond acceptors (Lipinski definition) is 4. The Labute approximate surface area is 232 Å². The van der Waals surface area contributed by atoms with Gasteiger partial charge in [-0.2, -0.15) is 8.78 Å². The minimum atomic E-state index is -1.25. The molecule has 1 aliphatic rings. The summed E-state index contributed by atoms with van der Waals surface area (Å²) in [5, 5.41) is 0. The van der Waals surface area contributed by atoms with E-state index in [1.54, 1.807) is 24.3 Å². The first-order valence-electron chi connectivity index (χ1n) is 13.9. The Bertz CT molecular complexity index is 1300. The molecular formula is C32H34F4O4. The molecule has 0 aromatic heterocycles. The van der Waals surface area contributed by atoms with Gasteiger partial charge in [-0.3, -0.25) is 4.79 Å². The first kappa shape index (κ1) is 29.4. The summed E-state index contributed by atoms with van der Waals surface area (Å²) in [4.78, 5) is 12.8. The van der Waals surface area contributed by atoms with Crippen LogP contribution in [0, 0.1) is 29.2 Å². The van der Waals surface area contributed by atoms with Gasteiger partial charge >= 0.3 is 5.97 Å². The van der Waals surface area contributed by atoms with Crippen molar-refractivity contribution in [2.75, 3.05) is 13.2 Å². The highest BCUT2D eigenvalue weighted by molar-refractivity contribution is 5.76. The molecule has 0 saturated heterocycles. The Kier molecular flexibility index (Phi) is 10.1. The maximum atomic E-state index is 14.9. The summed E-state index contributed by atoms with van der Waals surface area (Å²) < 4.78 is 75.1. The molecule has 4 nitrogen and oxygen atoms in total. The summed E-state index contributed by atoms with van der Waals surface area (Å²) in [6, 6.07) is 12.2. The lowest BCUT2D eigenvalue weighted by atomic mass is 9.78. The summed E-state index contributed by atoms with van der Waals surface area (Å²) in [7, 11) is 0. The zero-order chi connectivity index (χ0) is 28.6. The first-order chi connectivity index (χ1) is 19.3. The van der Waals surface area contributed by atoms with Crippen LogP contribution in [0.3, 0.4) is 0 Å². The summed E-state index contributed by atoms with van der Waals surface area (Å²) in [6.07, 6.45) is 4.04. The van der Waals surface area contributed by atoms with Crippen molar-refractivity contribution in [3.05, 3.63) is 77.4 Å². The molecule has 1 saturated carbocycles. The summed E-state index contributed by atoms with van der Waals surface area (Å²) in [6.45, 7) is 4.83. The van der Waals surface area contributed by atoms with Crippen LogP contribution >= 0.6 is 0 Å². The molecule has 1 fully saturated rings. The standard InChI is InChI=1S/C32H34F4O4/c1-3-5-19-39-26-16-14-24(28(33)30(26)35)20-6-8-22(9-7-20)32(37)40-27-17-15-25(29(34)31(27)36)21-10-12-23(13-11-21)38-18-4-2/h10-17,20,22H,3-9,18-19H2,1-2H3. The van der Waals surface area contributed by atoms with Crippen LogP contribution in [0.5, 0.6) is 17.2 Å². The minimum Gasteiger partial charge on any atom is -0.494 e. The SMILES string of the molecule is CCCCOc1ccc(C2CCC(C(=O)Oc3ccc(-c4ccc(OCCC)cc4)c(F)c3F)CC2)c(F)c1F. The van der Waals surface area contributed by atoms with Gasteiger partial charge in [0.15, 0.2) is 23.1 Å². The van der Waals surface area contributed by atoms with Crippen molar-refractivity contribution in [3.8, 4) is 28.4 Å². The largest absolute Gasteiger partial charge is 0.494 e. The van der Waals surface area contributed by atoms with Crippen LogP contribution in [0.2, 0.25) is 0 Å². The fourth-order valence-electron chi connectivity index (χ4n) is 4.92. The molecular weight excluding hydrogens is 524 g/mol. The van der Waals surface area contributed by atoms with Crippen molar-refractivity contribution in [3.63, 3.8) is 0 Å². The van der Waals surface area contributed by atoms with Gasteiger partial charge in [-0.25, -0.2) is 8.78 Å². The third-order valence-electron chi connectivity index (χ3n) is 7.23. The van der Waals surface area contributed by atoms with E-state index in [-0.39, 0.29) is 22.8 Å². The van der Waals surface area contributed by atoms with E-state index in [4.69, 9.17) is 14.2 Å². The average molecular weight is 559 g/mol. The van der Waals surface area contributed by atoms with E-state index in [1.807, 2.05) is 13.8 Å². The monoisotopic (exact) mass is 558 g/mol. The van der Waals surface area contributed by atoms with Gasteiger partial charge in [0.25, 0.3) is 0 Å². The van der Waals surface area contributed by atoms with Crippen molar-refractivity contribution in [1.29, 1.82) is 0 Å². The van der Waals surface area contributed by atoms with Crippen LogP contribution in [0.25, 0.3) is 11.1 Å². The molecule has 0 unspecified atom stereocenters. The molecule has 8 heteroatoms. The normalized spacial score (nSPS) is 16.9. The van der Waals surface area contributed by atoms with Crippen LogP contribution < -0.4 is 14.2 Å². The van der Waals surface area contributed by atoms with E-state index in [2.05, 4.69) is 0 Å². The molecule has 3 aromatic rings. The van der Waals surface area contributed by atoms with Gasteiger partial charge in [0.1, 0.15) is 5.75 Å². The van der Waals surface area contributed by atoms with Crippen molar-refractivity contribution in [2.24, 2.45) is 5.92 Å². The fraction of sp³-hybridized carbons (Fsp3) is 0.406. The minimum absolute atomic E-state index is 0.0379. The third-order valence-corrected chi connectivity index (χ3v) is 7.23. The second-order valence-corrected chi connectivity index (χ2v) is 10.1. The van der Waals surface area contributed by atoms with E-state index in [1.165, 1.54) is 24.3 Å². The molecule has 0 heterocycles. The lowest BCUT2D eigenvalue weighted by Gasteiger charge is -2.28. The molecule has 0 atom stereocenters. The second kappa shape index (κ2) is 13.7. The molecule has 0 radical (unpaired) electrons. The van der Waals surface area contributed by atoms with E-state index >= 15 is 0 Å². The lowest BCUT2D eigenvalue weighted by Crippen LogP contribution is -2.26. The Balaban J connectivity index is 1.36. The van der Waals surface area contributed by atoms with E-state index in [0.29, 0.717) is 50.2 Å². The van der Waals surface area contributed by atoms with Crippen LogP contribution in [-0.2, 0) is 4.79 Å². The number of benzene rings is 3. The number of carbonyl (C=O) groups is 1. The van der Waals surface area contributed by atoms with Gasteiger partial charge < -0.3 is 14.2 Å². The highest BCUT2D eigenvalue weighted by atomic mass is 19.2. The lowest BCUT2D eigenvalue weighted by molar-refractivity contribution is -0.140. The summed E-state index contributed by atoms with van der Waals surface area (Å²) >= 11 is 0. The van der Waals surface area contributed by atoms with Crippen molar-refractivity contribution in [2.45, 2.75) is 64.7 Å². The number of carbonyl (C=O) groups excluding carboxylic acids is 1. The van der Waals surface area contributed by atoms with Gasteiger partial charge in [0, 0.05) is 5.56 Å². The second-order valence-electron chi connectivity index (χ2n) is 10.1. The Morgan fingerprint density at radius 2 is 1.40 bits per heavy atom. The molecule has 3 aromatic carbocycles. The molecule has 0 aliphatic heterocycles. The topological polar surface area (TPSA) is 44.8 Å². The first-order valence-corrected chi connectivity index (χ1v) is 13.9. The maximum Gasteiger partial charge on any atom is 0.314 e. The van der Waals surface area contributed by atoms with E-state index < -0.39 is 40.9 Å². The molecule has 0 N–H and O–H groups in total. The zero-order valence-corrected chi connectivity index (χ0v) is 22.8. The molecule has 0 bridgehead atoms. The molecule has 4 rings (SSSR count). The Morgan fingerprint density at radius 1 is 0.725 bits per heavy atom. The average Bonchev–Trinajstić information content (AvgIpc) is 2.97. The fourth-order valence-corrected chi connectivity index (χ4v) is 4.92. The molecule has 0 spiro atoms. The van der Waals surface area contributed by atoms with Gasteiger partial charge in [0.05, 0.1) is 19.1 Å². The van der Waals surface area contributed by atoms with Crippen molar-refractivity contribution >= 4 is 5.97 Å². The van der Waals surface area contributed by atoms with Crippen molar-refractivity contribution < 1.29 is 36.6 Å². The smallest absolute Gasteiger partial charge is 0.314 e. The Morgan fingerprint density at radius 3 is 2.08 bits per heavy atom. The predicted molar refractivity (Wildman–Crippen MR) is 145 cm³/mol. The van der Waals surface area contributed by atoms with Crippen LogP contribution in [0.4, 0.5) is 17.6 Å². The van der Waals surface area contributed by atoms with Crippen LogP contribution in [0.1, 0.15) is 70.3 Å². The summed E-state index contributed by atoms with van der Waals surface area (Å²) in [5.41, 5.74) is 0.748. The Hall–Kier alpha value is -3.55. The number of rotatable bonds is 11. The van der Waals surface area contributed by atoms with Gasteiger partial charge in [-0.1, -0.05) is 38.5 Å². The van der Waals surface area contributed by atoms with Gasteiger partial charge in [-0.05, 0) is 85.9 Å². The predicted octanol–water partition coefficient (Wildman–Crippen LogP) is 8.76. The number of unbranched alkanes of at least 4 members (excludes halogenated alkanes) is 1. The van der Waals surface area contributed by atoms with E-state index in [0.717, 1.165) is 19.3 Å². The molecule has 0 amide bonds. The van der Waals surface area contributed by atoms with Gasteiger partial charge in [-0.15, -0.1) is 0 Å². The number of esters is 1. The highest BCUT2D eigenvalue weighted by Gasteiger charge is 2.31. The van der Waals surface area contributed by atoms with E-state index in [9.17, 15) is 22.4 Å². The number of halogens is 4. The number of ether oxygens (including phenoxy) is 3. The van der Waals surface area contributed by atoms with Crippen molar-refractivity contribution in [1.82, 2.24) is 0 Å². The summed E-state index contributed by atoms with van der Waals surface area (Å²) in [5.74, 6) is -5.75. The maximum absolute atomic E-state index is 14.9. The van der Waals surface area contributed by atoms with Gasteiger partial charge in [0.2, 0.25) is 11.6 Å². The van der Waals surface area contributed by atoms with Crippen LogP contribution in [0.15, 0.2) is 48.5 Å². The molecule has 1 aliphatic carbocycles. The van der Waals surface area contributed by atoms with Crippen LogP contribution in [-0.4, -0.2) is 19.2 Å². The molecule has 40 heavy (non-hydrogen) atoms. The quantitative estimate of drug-likeness (QED) is 0.102. The third kappa shape index (κ3) is 6.77.